The lowest BCUT2D eigenvalue weighted by Gasteiger charge is -2.19. The SMILES string of the molecule is CCNS(=O)(=O)c1ccc(C(=O)N2C[C@H]3CN(C)C[C@H]3C2)cc1. The van der Waals surface area contributed by atoms with E-state index in [4.69, 9.17) is 0 Å². The van der Waals surface area contributed by atoms with Gasteiger partial charge < -0.3 is 9.80 Å². The van der Waals surface area contributed by atoms with Crippen molar-refractivity contribution in [1.82, 2.24) is 14.5 Å². The first-order chi connectivity index (χ1) is 10.9. The Hall–Kier alpha value is -1.44. The molecule has 0 bridgehead atoms. The zero-order chi connectivity index (χ0) is 16.6. The molecule has 1 N–H and O–H groups in total. The number of nitrogens with zero attached hydrogens (tertiary/aromatic N) is 2. The van der Waals surface area contributed by atoms with Gasteiger partial charge in [0.25, 0.3) is 5.91 Å². The fraction of sp³-hybridized carbons (Fsp3) is 0.562. The minimum atomic E-state index is -3.47. The Morgan fingerprint density at radius 2 is 1.70 bits per heavy atom. The van der Waals surface area contributed by atoms with Crippen LogP contribution in [0.2, 0.25) is 0 Å². The second-order valence-electron chi connectivity index (χ2n) is 6.48. The van der Waals surface area contributed by atoms with Crippen LogP contribution in [0.5, 0.6) is 0 Å². The molecular formula is C16H23N3O3S. The molecule has 0 aliphatic carbocycles. The van der Waals surface area contributed by atoms with Crippen LogP contribution in [0.1, 0.15) is 17.3 Å². The number of likely N-dealkylation sites (tertiary alicyclic amines) is 2. The van der Waals surface area contributed by atoms with Crippen LogP contribution >= 0.6 is 0 Å². The van der Waals surface area contributed by atoms with Gasteiger partial charge in [-0.15, -0.1) is 0 Å². The maximum absolute atomic E-state index is 12.6. The summed E-state index contributed by atoms with van der Waals surface area (Å²) in [6.45, 7) is 5.77. The number of nitrogens with one attached hydrogen (secondary N) is 1. The Morgan fingerprint density at radius 3 is 2.22 bits per heavy atom. The number of fused-ring (bicyclic) bond motifs is 1. The first kappa shape index (κ1) is 16.4. The topological polar surface area (TPSA) is 69.7 Å². The highest BCUT2D eigenvalue weighted by atomic mass is 32.2. The Morgan fingerprint density at radius 1 is 1.13 bits per heavy atom. The van der Waals surface area contributed by atoms with Gasteiger partial charge in [0.1, 0.15) is 0 Å². The largest absolute Gasteiger partial charge is 0.338 e. The van der Waals surface area contributed by atoms with Crippen molar-refractivity contribution >= 4 is 15.9 Å². The van der Waals surface area contributed by atoms with Gasteiger partial charge in [0.2, 0.25) is 10.0 Å². The third-order valence-corrected chi connectivity index (χ3v) is 6.26. The highest BCUT2D eigenvalue weighted by molar-refractivity contribution is 7.89. The fourth-order valence-electron chi connectivity index (χ4n) is 3.63. The summed E-state index contributed by atoms with van der Waals surface area (Å²) in [4.78, 5) is 17.0. The van der Waals surface area contributed by atoms with Crippen LogP contribution in [0, 0.1) is 11.8 Å². The summed E-state index contributed by atoms with van der Waals surface area (Å²) in [6, 6.07) is 6.20. The molecule has 2 atom stereocenters. The van der Waals surface area contributed by atoms with E-state index in [2.05, 4.69) is 16.7 Å². The van der Waals surface area contributed by atoms with E-state index in [1.165, 1.54) is 12.1 Å². The van der Waals surface area contributed by atoms with Gasteiger partial charge in [0, 0.05) is 38.3 Å². The Bertz CT molecular complexity index is 673. The molecule has 0 radical (unpaired) electrons. The summed E-state index contributed by atoms with van der Waals surface area (Å²) in [7, 11) is -1.35. The number of carbonyl (C=O) groups is 1. The molecule has 1 amide bonds. The predicted octanol–water partition coefficient (Wildman–Crippen LogP) is 0.618. The fourth-order valence-corrected chi connectivity index (χ4v) is 4.67. The molecule has 1 aromatic rings. The van der Waals surface area contributed by atoms with E-state index in [1.54, 1.807) is 19.1 Å². The normalized spacial score (nSPS) is 24.9. The van der Waals surface area contributed by atoms with Crippen molar-refractivity contribution in [1.29, 1.82) is 0 Å². The predicted molar refractivity (Wildman–Crippen MR) is 87.7 cm³/mol. The van der Waals surface area contributed by atoms with Crippen molar-refractivity contribution in [3.63, 3.8) is 0 Å². The van der Waals surface area contributed by atoms with E-state index in [1.807, 2.05) is 4.90 Å². The van der Waals surface area contributed by atoms with Crippen LogP contribution in [-0.4, -0.2) is 63.9 Å². The Labute approximate surface area is 137 Å². The molecule has 0 spiro atoms. The molecule has 0 unspecified atom stereocenters. The maximum atomic E-state index is 12.6. The molecule has 0 saturated carbocycles. The lowest BCUT2D eigenvalue weighted by atomic mass is 10.0. The van der Waals surface area contributed by atoms with Crippen molar-refractivity contribution in [2.45, 2.75) is 11.8 Å². The van der Waals surface area contributed by atoms with Crippen molar-refractivity contribution in [3.8, 4) is 0 Å². The minimum Gasteiger partial charge on any atom is -0.338 e. The number of carbonyl (C=O) groups excluding carboxylic acids is 1. The smallest absolute Gasteiger partial charge is 0.253 e. The quantitative estimate of drug-likeness (QED) is 0.874. The van der Waals surface area contributed by atoms with Crippen molar-refractivity contribution in [2.24, 2.45) is 11.8 Å². The van der Waals surface area contributed by atoms with Crippen LogP contribution in [-0.2, 0) is 10.0 Å². The monoisotopic (exact) mass is 337 g/mol. The summed E-state index contributed by atoms with van der Waals surface area (Å²) in [5, 5.41) is 0. The molecule has 126 valence electrons. The van der Waals surface area contributed by atoms with E-state index >= 15 is 0 Å². The molecule has 2 aliphatic heterocycles. The molecule has 2 heterocycles. The molecule has 2 aliphatic rings. The number of amides is 1. The van der Waals surface area contributed by atoms with Crippen LogP contribution < -0.4 is 4.72 Å². The van der Waals surface area contributed by atoms with Gasteiger partial charge in [-0.2, -0.15) is 0 Å². The van der Waals surface area contributed by atoms with Crippen molar-refractivity contribution in [3.05, 3.63) is 29.8 Å². The second-order valence-corrected chi connectivity index (χ2v) is 8.24. The van der Waals surface area contributed by atoms with Crippen LogP contribution in [0.4, 0.5) is 0 Å². The van der Waals surface area contributed by atoms with Crippen molar-refractivity contribution < 1.29 is 13.2 Å². The first-order valence-electron chi connectivity index (χ1n) is 7.98. The standard InChI is InChI=1S/C16H23N3O3S/c1-3-17-23(21,22)15-6-4-12(5-7-15)16(20)19-10-13-8-18(2)9-14(13)11-19/h4-7,13-14,17H,3,8-11H2,1-2H3/t13-,14+. The minimum absolute atomic E-state index is 0.00514. The van der Waals surface area contributed by atoms with E-state index < -0.39 is 10.0 Å². The Kier molecular flexibility index (Phi) is 4.44. The average molecular weight is 337 g/mol. The van der Waals surface area contributed by atoms with Gasteiger partial charge in [-0.05, 0) is 43.1 Å². The number of hydrogen-bond acceptors (Lipinski definition) is 4. The maximum Gasteiger partial charge on any atom is 0.253 e. The molecule has 6 nitrogen and oxygen atoms in total. The van der Waals surface area contributed by atoms with Gasteiger partial charge in [0.15, 0.2) is 0 Å². The molecular weight excluding hydrogens is 314 g/mol. The number of benzene rings is 1. The van der Waals surface area contributed by atoms with Gasteiger partial charge in [-0.1, -0.05) is 6.92 Å². The highest BCUT2D eigenvalue weighted by Crippen LogP contribution is 2.31. The molecule has 2 saturated heterocycles. The molecule has 7 heteroatoms. The third-order valence-electron chi connectivity index (χ3n) is 4.70. The van der Waals surface area contributed by atoms with E-state index in [0.29, 0.717) is 23.9 Å². The van der Waals surface area contributed by atoms with Gasteiger partial charge in [-0.3, -0.25) is 4.79 Å². The molecule has 2 fully saturated rings. The zero-order valence-corrected chi connectivity index (χ0v) is 14.3. The van der Waals surface area contributed by atoms with E-state index in [0.717, 1.165) is 26.2 Å². The van der Waals surface area contributed by atoms with Gasteiger partial charge in [0.05, 0.1) is 4.90 Å². The average Bonchev–Trinajstić information content (AvgIpc) is 3.04. The summed E-state index contributed by atoms with van der Waals surface area (Å²) < 4.78 is 26.3. The third kappa shape index (κ3) is 3.27. The molecule has 23 heavy (non-hydrogen) atoms. The lowest BCUT2D eigenvalue weighted by molar-refractivity contribution is 0.0776. The van der Waals surface area contributed by atoms with Crippen LogP contribution in [0.25, 0.3) is 0 Å². The first-order valence-corrected chi connectivity index (χ1v) is 9.46. The summed E-state index contributed by atoms with van der Waals surface area (Å²) in [5.41, 5.74) is 0.550. The van der Waals surface area contributed by atoms with Gasteiger partial charge in [-0.25, -0.2) is 13.1 Å². The summed E-state index contributed by atoms with van der Waals surface area (Å²) >= 11 is 0. The van der Waals surface area contributed by atoms with Crippen molar-refractivity contribution in [2.75, 3.05) is 39.8 Å². The summed E-state index contributed by atoms with van der Waals surface area (Å²) in [6.07, 6.45) is 0. The number of hydrogen-bond donors (Lipinski definition) is 1. The van der Waals surface area contributed by atoms with Crippen LogP contribution in [0.3, 0.4) is 0 Å². The van der Waals surface area contributed by atoms with E-state index in [9.17, 15) is 13.2 Å². The number of rotatable bonds is 4. The Balaban J connectivity index is 1.70. The van der Waals surface area contributed by atoms with E-state index in [-0.39, 0.29) is 10.8 Å². The number of sulfonamides is 1. The lowest BCUT2D eigenvalue weighted by Crippen LogP contribution is -2.32. The zero-order valence-electron chi connectivity index (χ0n) is 13.5. The van der Waals surface area contributed by atoms with Crippen LogP contribution in [0.15, 0.2) is 29.2 Å². The summed E-state index contributed by atoms with van der Waals surface area (Å²) in [5.74, 6) is 1.13. The molecule has 0 aromatic heterocycles. The molecule has 3 rings (SSSR count). The molecule has 1 aromatic carbocycles. The van der Waals surface area contributed by atoms with Gasteiger partial charge >= 0.3 is 0 Å². The second kappa shape index (κ2) is 6.22. The highest BCUT2D eigenvalue weighted by Gasteiger charge is 2.40.